The molecule has 0 aromatic heterocycles. The minimum absolute atomic E-state index is 0.836. The molecule has 0 radical (unpaired) electrons. The van der Waals surface area contributed by atoms with Crippen molar-refractivity contribution in [3.05, 3.63) is 12.2 Å². The molecule has 12 heavy (non-hydrogen) atoms. The van der Waals surface area contributed by atoms with Crippen molar-refractivity contribution < 1.29 is 0 Å². The van der Waals surface area contributed by atoms with Gasteiger partial charge in [-0.2, -0.15) is 0 Å². The van der Waals surface area contributed by atoms with Gasteiger partial charge in [0.1, 0.15) is 0 Å². The second-order valence-electron chi connectivity index (χ2n) is 4.25. The Morgan fingerprint density at radius 1 is 0.833 bits per heavy atom. The number of allylic oxidation sites excluding steroid dienone is 2. The van der Waals surface area contributed by atoms with E-state index in [0.29, 0.717) is 0 Å². The zero-order valence-corrected chi connectivity index (χ0v) is 8.88. The van der Waals surface area contributed by atoms with E-state index in [9.17, 15) is 0 Å². The normalized spacial score (nSPS) is 41.7. The molecule has 0 heteroatoms. The van der Waals surface area contributed by atoms with E-state index in [2.05, 4.69) is 39.8 Å². The third-order valence-corrected chi connectivity index (χ3v) is 3.73. The maximum atomic E-state index is 2.44. The summed E-state index contributed by atoms with van der Waals surface area (Å²) >= 11 is 0. The molecule has 0 heterocycles. The predicted octanol–water partition coefficient (Wildman–Crippen LogP) is 3.88. The average molecular weight is 166 g/mol. The third-order valence-electron chi connectivity index (χ3n) is 3.73. The maximum absolute atomic E-state index is 2.44. The first-order valence-electron chi connectivity index (χ1n) is 5.39. The highest BCUT2D eigenvalue weighted by Gasteiger charge is 2.27. The van der Waals surface area contributed by atoms with E-state index in [1.165, 1.54) is 12.8 Å². The summed E-state index contributed by atoms with van der Waals surface area (Å²) in [7, 11) is 0. The zero-order valence-electron chi connectivity index (χ0n) is 8.88. The molecule has 1 aliphatic rings. The minimum Gasteiger partial charge on any atom is -0.0849 e. The van der Waals surface area contributed by atoms with Gasteiger partial charge >= 0.3 is 0 Å². The average Bonchev–Trinajstić information content (AvgIpc) is 2.10. The highest BCUT2D eigenvalue weighted by atomic mass is 14.3. The van der Waals surface area contributed by atoms with E-state index in [4.69, 9.17) is 0 Å². The Morgan fingerprint density at radius 3 is 1.42 bits per heavy atom. The lowest BCUT2D eigenvalue weighted by Crippen LogP contribution is -2.26. The third kappa shape index (κ3) is 1.73. The molecule has 0 aromatic carbocycles. The summed E-state index contributed by atoms with van der Waals surface area (Å²) in [6, 6.07) is 0. The van der Waals surface area contributed by atoms with Crippen molar-refractivity contribution in [2.75, 3.05) is 0 Å². The van der Waals surface area contributed by atoms with Gasteiger partial charge in [-0.1, -0.05) is 39.8 Å². The lowest BCUT2D eigenvalue weighted by molar-refractivity contribution is 0.220. The zero-order chi connectivity index (χ0) is 9.14. The first-order chi connectivity index (χ1) is 5.70. The molecule has 0 aliphatic heterocycles. The summed E-state index contributed by atoms with van der Waals surface area (Å²) in [5.74, 6) is 3.43. The largest absolute Gasteiger partial charge is 0.0849 e. The Labute approximate surface area is 77.1 Å². The van der Waals surface area contributed by atoms with Gasteiger partial charge in [0.15, 0.2) is 0 Å². The van der Waals surface area contributed by atoms with E-state index in [1.807, 2.05) is 0 Å². The van der Waals surface area contributed by atoms with Gasteiger partial charge in [0.05, 0.1) is 0 Å². The van der Waals surface area contributed by atoms with Crippen molar-refractivity contribution in [2.45, 2.75) is 40.5 Å². The van der Waals surface area contributed by atoms with Gasteiger partial charge in [0.25, 0.3) is 0 Å². The molecule has 1 aliphatic carbocycles. The monoisotopic (exact) mass is 166 g/mol. The molecule has 0 bridgehead atoms. The highest BCUT2D eigenvalue weighted by Crippen LogP contribution is 2.36. The van der Waals surface area contributed by atoms with Gasteiger partial charge in [-0.15, -0.1) is 0 Å². The molecular formula is C12H22. The molecule has 4 unspecified atom stereocenters. The standard InChI is InChI=1S/C12H22/c1-5-11-7-8-12(6-2)10(4)9(11)3/h7-12H,5-6H2,1-4H3. The quantitative estimate of drug-likeness (QED) is 0.546. The van der Waals surface area contributed by atoms with E-state index in [-0.39, 0.29) is 0 Å². The van der Waals surface area contributed by atoms with Crippen LogP contribution in [0, 0.1) is 23.7 Å². The van der Waals surface area contributed by atoms with Crippen molar-refractivity contribution >= 4 is 0 Å². The first-order valence-corrected chi connectivity index (χ1v) is 5.39. The van der Waals surface area contributed by atoms with Crippen LogP contribution in [0.25, 0.3) is 0 Å². The van der Waals surface area contributed by atoms with E-state index < -0.39 is 0 Å². The molecule has 0 fully saturated rings. The van der Waals surface area contributed by atoms with Gasteiger partial charge in [-0.3, -0.25) is 0 Å². The van der Waals surface area contributed by atoms with Crippen LogP contribution in [0.1, 0.15) is 40.5 Å². The van der Waals surface area contributed by atoms with Gasteiger partial charge < -0.3 is 0 Å². The predicted molar refractivity (Wildman–Crippen MR) is 55.0 cm³/mol. The molecule has 0 saturated heterocycles. The highest BCUT2D eigenvalue weighted by molar-refractivity contribution is 5.02. The smallest absolute Gasteiger partial charge is 0.0208 e. The molecule has 0 spiro atoms. The summed E-state index contributed by atoms with van der Waals surface area (Å²) < 4.78 is 0. The molecule has 0 nitrogen and oxygen atoms in total. The fourth-order valence-corrected chi connectivity index (χ4v) is 2.43. The van der Waals surface area contributed by atoms with Gasteiger partial charge in [0, 0.05) is 0 Å². The van der Waals surface area contributed by atoms with Crippen LogP contribution >= 0.6 is 0 Å². The minimum atomic E-state index is 0.836. The molecule has 0 amide bonds. The Kier molecular flexibility index (Phi) is 3.37. The number of rotatable bonds is 2. The van der Waals surface area contributed by atoms with Crippen LogP contribution in [-0.2, 0) is 0 Å². The second-order valence-corrected chi connectivity index (χ2v) is 4.25. The Bertz CT molecular complexity index is 139. The Morgan fingerprint density at radius 2 is 1.17 bits per heavy atom. The van der Waals surface area contributed by atoms with Crippen molar-refractivity contribution in [3.8, 4) is 0 Å². The Balaban J connectivity index is 2.68. The summed E-state index contributed by atoms with van der Waals surface area (Å²) in [6.45, 7) is 9.41. The fraction of sp³-hybridized carbons (Fsp3) is 0.833. The SMILES string of the molecule is CCC1C=CC(CC)C(C)C1C. The van der Waals surface area contributed by atoms with Crippen LogP contribution in [0.3, 0.4) is 0 Å². The molecular weight excluding hydrogens is 144 g/mol. The van der Waals surface area contributed by atoms with Crippen LogP contribution in [0.5, 0.6) is 0 Å². The van der Waals surface area contributed by atoms with Crippen LogP contribution in [0.15, 0.2) is 12.2 Å². The second kappa shape index (κ2) is 4.11. The number of hydrogen-bond donors (Lipinski definition) is 0. The molecule has 4 atom stereocenters. The summed E-state index contributed by atoms with van der Waals surface area (Å²) in [4.78, 5) is 0. The van der Waals surface area contributed by atoms with Crippen LogP contribution in [0.4, 0.5) is 0 Å². The van der Waals surface area contributed by atoms with Crippen LogP contribution in [-0.4, -0.2) is 0 Å². The molecule has 70 valence electrons. The van der Waals surface area contributed by atoms with Crippen molar-refractivity contribution in [1.82, 2.24) is 0 Å². The van der Waals surface area contributed by atoms with Crippen LogP contribution < -0.4 is 0 Å². The summed E-state index contributed by atoms with van der Waals surface area (Å²) in [5, 5.41) is 0. The van der Waals surface area contributed by atoms with E-state index >= 15 is 0 Å². The van der Waals surface area contributed by atoms with Crippen LogP contribution in [0.2, 0.25) is 0 Å². The van der Waals surface area contributed by atoms with Gasteiger partial charge in [-0.05, 0) is 36.5 Å². The molecule has 0 saturated carbocycles. The lowest BCUT2D eigenvalue weighted by atomic mass is 9.71. The molecule has 0 N–H and O–H groups in total. The van der Waals surface area contributed by atoms with Crippen molar-refractivity contribution in [1.29, 1.82) is 0 Å². The lowest BCUT2D eigenvalue weighted by Gasteiger charge is -2.35. The van der Waals surface area contributed by atoms with Gasteiger partial charge in [-0.25, -0.2) is 0 Å². The maximum Gasteiger partial charge on any atom is -0.0208 e. The van der Waals surface area contributed by atoms with Crippen molar-refractivity contribution in [3.63, 3.8) is 0 Å². The van der Waals surface area contributed by atoms with E-state index in [1.54, 1.807) is 0 Å². The van der Waals surface area contributed by atoms with Crippen molar-refractivity contribution in [2.24, 2.45) is 23.7 Å². The van der Waals surface area contributed by atoms with E-state index in [0.717, 1.165) is 23.7 Å². The fourth-order valence-electron chi connectivity index (χ4n) is 2.43. The molecule has 1 rings (SSSR count). The number of hydrogen-bond acceptors (Lipinski definition) is 0. The summed E-state index contributed by atoms with van der Waals surface area (Å²) in [5.41, 5.74) is 0. The molecule has 0 aromatic rings. The Hall–Kier alpha value is -0.260. The first kappa shape index (κ1) is 9.83. The summed E-state index contributed by atoms with van der Waals surface area (Å²) in [6.07, 6.45) is 7.49. The topological polar surface area (TPSA) is 0 Å². The van der Waals surface area contributed by atoms with Gasteiger partial charge in [0.2, 0.25) is 0 Å².